The minimum atomic E-state index is -1.31. The van der Waals surface area contributed by atoms with E-state index >= 15 is 0 Å². The van der Waals surface area contributed by atoms with Gasteiger partial charge in [0, 0.05) is 12.7 Å². The van der Waals surface area contributed by atoms with E-state index in [2.05, 4.69) is 10.3 Å². The van der Waals surface area contributed by atoms with Crippen LogP contribution < -0.4 is 5.32 Å². The summed E-state index contributed by atoms with van der Waals surface area (Å²) in [6.07, 6.45) is 0.828. The van der Waals surface area contributed by atoms with Crippen LogP contribution in [0.2, 0.25) is 0 Å². The van der Waals surface area contributed by atoms with Crippen molar-refractivity contribution in [1.29, 1.82) is 0 Å². The Morgan fingerprint density at radius 1 is 1.50 bits per heavy atom. The highest BCUT2D eigenvalue weighted by Crippen LogP contribution is 2.09. The largest absolute Gasteiger partial charge is 0.391 e. The third-order valence-corrected chi connectivity index (χ3v) is 2.33. The number of aliphatic hydroxyl groups is 1. The first kappa shape index (κ1) is 14.5. The highest BCUT2D eigenvalue weighted by atomic mass is 19.2. The Kier molecular flexibility index (Phi) is 5.15. The summed E-state index contributed by atoms with van der Waals surface area (Å²) >= 11 is 0. The number of nitrogens with zero attached hydrogens (tertiary/aromatic N) is 1. The zero-order valence-electron chi connectivity index (χ0n) is 10.3. The number of carbonyl (C=O) groups excluding carboxylic acids is 1. The van der Waals surface area contributed by atoms with Crippen molar-refractivity contribution in [2.45, 2.75) is 26.4 Å². The smallest absolute Gasteiger partial charge is 0.254 e. The fraction of sp³-hybridized carbons (Fsp3) is 0.500. The lowest BCUT2D eigenvalue weighted by atomic mass is 10.1. The fourth-order valence-electron chi connectivity index (χ4n) is 1.53. The number of amides is 1. The van der Waals surface area contributed by atoms with E-state index in [0.717, 1.165) is 12.3 Å². The number of aliphatic hydroxyl groups excluding tert-OH is 1. The van der Waals surface area contributed by atoms with Gasteiger partial charge in [0.2, 0.25) is 5.95 Å². The number of pyridine rings is 1. The van der Waals surface area contributed by atoms with E-state index in [4.69, 9.17) is 0 Å². The number of nitrogens with one attached hydrogen (secondary N) is 1. The molecule has 1 rings (SSSR count). The molecule has 0 aliphatic carbocycles. The Bertz CT molecular complexity index is 425. The Hall–Kier alpha value is -1.56. The van der Waals surface area contributed by atoms with Gasteiger partial charge in [-0.15, -0.1) is 0 Å². The molecule has 2 N–H and O–H groups in total. The molecular weight excluding hydrogens is 242 g/mol. The number of halogens is 2. The maximum Gasteiger partial charge on any atom is 0.254 e. The molecule has 1 amide bonds. The summed E-state index contributed by atoms with van der Waals surface area (Å²) in [6, 6.07) is 1.09. The van der Waals surface area contributed by atoms with Crippen molar-refractivity contribution in [2.75, 3.05) is 6.54 Å². The second-order valence-electron chi connectivity index (χ2n) is 4.46. The Morgan fingerprint density at radius 3 is 2.78 bits per heavy atom. The summed E-state index contributed by atoms with van der Waals surface area (Å²) in [5, 5.41) is 11.9. The van der Waals surface area contributed by atoms with Gasteiger partial charge in [-0.1, -0.05) is 13.8 Å². The van der Waals surface area contributed by atoms with Crippen molar-refractivity contribution in [3.05, 3.63) is 29.6 Å². The molecule has 1 atom stereocenters. The Morgan fingerprint density at radius 2 is 2.17 bits per heavy atom. The normalized spacial score (nSPS) is 12.6. The molecule has 1 heterocycles. The molecule has 1 unspecified atom stereocenters. The summed E-state index contributed by atoms with van der Waals surface area (Å²) in [6.45, 7) is 3.87. The minimum Gasteiger partial charge on any atom is -0.391 e. The van der Waals surface area contributed by atoms with Crippen LogP contribution in [0.5, 0.6) is 0 Å². The van der Waals surface area contributed by atoms with Gasteiger partial charge in [0.1, 0.15) is 0 Å². The van der Waals surface area contributed by atoms with Gasteiger partial charge in [0.05, 0.1) is 11.7 Å². The molecule has 6 heteroatoms. The molecule has 0 aromatic carbocycles. The molecule has 1 aromatic heterocycles. The second-order valence-corrected chi connectivity index (χ2v) is 4.46. The number of aromatic nitrogens is 1. The number of rotatable bonds is 5. The topological polar surface area (TPSA) is 62.2 Å². The highest BCUT2D eigenvalue weighted by molar-refractivity contribution is 5.94. The third-order valence-electron chi connectivity index (χ3n) is 2.33. The number of carbonyl (C=O) groups is 1. The van der Waals surface area contributed by atoms with E-state index < -0.39 is 29.3 Å². The molecule has 0 spiro atoms. The van der Waals surface area contributed by atoms with Gasteiger partial charge >= 0.3 is 0 Å². The molecule has 18 heavy (non-hydrogen) atoms. The average molecular weight is 258 g/mol. The van der Waals surface area contributed by atoms with Crippen molar-refractivity contribution >= 4 is 5.91 Å². The maximum absolute atomic E-state index is 13.2. The first-order chi connectivity index (χ1) is 8.41. The predicted octanol–water partition coefficient (Wildman–Crippen LogP) is 1.50. The summed E-state index contributed by atoms with van der Waals surface area (Å²) in [5.41, 5.74) is -0.417. The molecule has 0 bridgehead atoms. The maximum atomic E-state index is 13.2. The molecule has 0 saturated heterocycles. The van der Waals surface area contributed by atoms with Crippen LogP contribution in [0.1, 0.15) is 30.6 Å². The van der Waals surface area contributed by atoms with Gasteiger partial charge in [-0.25, -0.2) is 9.37 Å². The molecular formula is C12H16F2N2O2. The van der Waals surface area contributed by atoms with Gasteiger partial charge < -0.3 is 10.4 Å². The van der Waals surface area contributed by atoms with Gasteiger partial charge in [0.25, 0.3) is 5.91 Å². The molecule has 100 valence electrons. The van der Waals surface area contributed by atoms with Crippen LogP contribution in [0, 0.1) is 17.7 Å². The summed E-state index contributed by atoms with van der Waals surface area (Å²) in [4.78, 5) is 14.6. The first-order valence-electron chi connectivity index (χ1n) is 5.68. The lowest BCUT2D eigenvalue weighted by molar-refractivity contribution is 0.0895. The minimum absolute atomic E-state index is 0.000392. The predicted molar refractivity (Wildman–Crippen MR) is 61.9 cm³/mol. The molecule has 4 nitrogen and oxygen atoms in total. The molecule has 0 radical (unpaired) electrons. The average Bonchev–Trinajstić information content (AvgIpc) is 2.29. The zero-order chi connectivity index (χ0) is 13.7. The molecule has 1 aromatic rings. The second kappa shape index (κ2) is 6.39. The van der Waals surface area contributed by atoms with Gasteiger partial charge in [-0.05, 0) is 18.4 Å². The van der Waals surface area contributed by atoms with E-state index in [9.17, 15) is 18.7 Å². The SMILES string of the molecule is CC(C)CC(O)CNC(=O)c1ccnc(F)c1F. The van der Waals surface area contributed by atoms with Gasteiger partial charge in [-0.3, -0.25) is 4.79 Å². The highest BCUT2D eigenvalue weighted by Gasteiger charge is 2.17. The van der Waals surface area contributed by atoms with E-state index in [1.54, 1.807) is 0 Å². The van der Waals surface area contributed by atoms with Crippen LogP contribution in [-0.4, -0.2) is 28.6 Å². The van der Waals surface area contributed by atoms with Crippen molar-refractivity contribution in [1.82, 2.24) is 10.3 Å². The van der Waals surface area contributed by atoms with Crippen molar-refractivity contribution < 1.29 is 18.7 Å². The van der Waals surface area contributed by atoms with Crippen LogP contribution in [0.3, 0.4) is 0 Å². The third kappa shape index (κ3) is 4.03. The molecule has 0 saturated carbocycles. The lowest BCUT2D eigenvalue weighted by Crippen LogP contribution is -2.33. The van der Waals surface area contributed by atoms with Crippen molar-refractivity contribution in [3.8, 4) is 0 Å². The van der Waals surface area contributed by atoms with Crippen LogP contribution in [0.15, 0.2) is 12.3 Å². The van der Waals surface area contributed by atoms with Crippen molar-refractivity contribution in [3.63, 3.8) is 0 Å². The summed E-state index contributed by atoms with van der Waals surface area (Å²) in [5.74, 6) is -3.08. The van der Waals surface area contributed by atoms with Crippen LogP contribution in [0.25, 0.3) is 0 Å². The monoisotopic (exact) mass is 258 g/mol. The molecule has 0 fully saturated rings. The van der Waals surface area contributed by atoms with Gasteiger partial charge in [-0.2, -0.15) is 4.39 Å². The molecule has 0 aliphatic rings. The Labute approximate surface area is 104 Å². The van der Waals surface area contributed by atoms with E-state index in [0.29, 0.717) is 6.42 Å². The van der Waals surface area contributed by atoms with E-state index in [1.165, 1.54) is 0 Å². The number of hydrogen-bond donors (Lipinski definition) is 2. The van der Waals surface area contributed by atoms with Crippen molar-refractivity contribution in [2.24, 2.45) is 5.92 Å². The summed E-state index contributed by atoms with van der Waals surface area (Å²) in [7, 11) is 0. The zero-order valence-corrected chi connectivity index (χ0v) is 10.3. The van der Waals surface area contributed by atoms with Crippen LogP contribution in [0.4, 0.5) is 8.78 Å². The number of hydrogen-bond acceptors (Lipinski definition) is 3. The van der Waals surface area contributed by atoms with E-state index in [1.807, 2.05) is 13.8 Å². The first-order valence-corrected chi connectivity index (χ1v) is 5.68. The van der Waals surface area contributed by atoms with Crippen LogP contribution in [-0.2, 0) is 0 Å². The standard InChI is InChI=1S/C12H16F2N2O2/c1-7(2)5-8(17)6-16-12(18)9-3-4-15-11(14)10(9)13/h3-4,7-8,17H,5-6H2,1-2H3,(H,16,18). The Balaban J connectivity index is 2.58. The van der Waals surface area contributed by atoms with Gasteiger partial charge in [0.15, 0.2) is 5.82 Å². The fourth-order valence-corrected chi connectivity index (χ4v) is 1.53. The van der Waals surface area contributed by atoms with E-state index in [-0.39, 0.29) is 12.5 Å². The molecule has 0 aliphatic heterocycles. The van der Waals surface area contributed by atoms with Crippen LogP contribution >= 0.6 is 0 Å². The quantitative estimate of drug-likeness (QED) is 0.787. The lowest BCUT2D eigenvalue weighted by Gasteiger charge is -2.13. The summed E-state index contributed by atoms with van der Waals surface area (Å²) < 4.78 is 26.0.